The van der Waals surface area contributed by atoms with Crippen molar-refractivity contribution in [1.82, 2.24) is 9.66 Å². The number of benzene rings is 2. The number of halogens is 1. The molecule has 6 heteroatoms. The van der Waals surface area contributed by atoms with Crippen molar-refractivity contribution in [3.05, 3.63) is 65.3 Å². The Morgan fingerprint density at radius 2 is 1.83 bits per heavy atom. The molecule has 0 aliphatic carbocycles. The third kappa shape index (κ3) is 3.52. The van der Waals surface area contributed by atoms with Crippen molar-refractivity contribution in [2.24, 2.45) is 5.10 Å². The summed E-state index contributed by atoms with van der Waals surface area (Å²) in [5.41, 5.74) is 8.52. The number of methoxy groups -OCH3 is 1. The monoisotopic (exact) mass is 326 g/mol. The average Bonchev–Trinajstić information content (AvgIpc) is 2.95. The molecule has 0 aliphatic heterocycles. The molecule has 0 radical (unpaired) electrons. The minimum absolute atomic E-state index is 0.319. The molecule has 0 unspecified atom stereocenters. The second-order valence-electron chi connectivity index (χ2n) is 4.85. The maximum Gasteiger partial charge on any atom is 0.221 e. The summed E-state index contributed by atoms with van der Waals surface area (Å²) in [6.45, 7) is 0. The largest absolute Gasteiger partial charge is 0.497 e. The van der Waals surface area contributed by atoms with E-state index in [1.54, 1.807) is 19.5 Å². The van der Waals surface area contributed by atoms with Crippen molar-refractivity contribution in [2.75, 3.05) is 12.8 Å². The number of aromatic nitrogens is 2. The smallest absolute Gasteiger partial charge is 0.221 e. The highest BCUT2D eigenvalue weighted by atomic mass is 35.5. The first-order valence-corrected chi connectivity index (χ1v) is 7.33. The first kappa shape index (κ1) is 15.1. The third-order valence-corrected chi connectivity index (χ3v) is 3.55. The molecule has 5 nitrogen and oxygen atoms in total. The number of rotatable bonds is 4. The molecule has 0 fully saturated rings. The summed E-state index contributed by atoms with van der Waals surface area (Å²) in [7, 11) is 1.63. The van der Waals surface area contributed by atoms with E-state index in [1.165, 1.54) is 4.68 Å². The van der Waals surface area contributed by atoms with Gasteiger partial charge in [0.15, 0.2) is 0 Å². The van der Waals surface area contributed by atoms with E-state index in [1.807, 2.05) is 48.5 Å². The van der Waals surface area contributed by atoms with Gasteiger partial charge in [-0.3, -0.25) is 0 Å². The standard InChI is InChI=1S/C17H15ClN4O/c1-23-15-8-2-12(3-9-15)10-20-22-11-16(21-17(22)19)13-4-6-14(18)7-5-13/h2-11H,1H3,(H2,19,21). The van der Waals surface area contributed by atoms with Crippen molar-refractivity contribution in [3.63, 3.8) is 0 Å². The lowest BCUT2D eigenvalue weighted by molar-refractivity contribution is 0.415. The highest BCUT2D eigenvalue weighted by Gasteiger charge is 2.06. The second kappa shape index (κ2) is 6.54. The molecule has 0 spiro atoms. The van der Waals surface area contributed by atoms with E-state index < -0.39 is 0 Å². The Hall–Kier alpha value is -2.79. The molecule has 2 aromatic carbocycles. The Morgan fingerprint density at radius 3 is 2.48 bits per heavy atom. The lowest BCUT2D eigenvalue weighted by Gasteiger charge is -1.99. The van der Waals surface area contributed by atoms with Crippen LogP contribution in [-0.2, 0) is 0 Å². The number of anilines is 1. The zero-order valence-electron chi connectivity index (χ0n) is 12.5. The Balaban J connectivity index is 1.82. The van der Waals surface area contributed by atoms with E-state index in [4.69, 9.17) is 22.1 Å². The van der Waals surface area contributed by atoms with Gasteiger partial charge in [0.05, 0.1) is 25.2 Å². The van der Waals surface area contributed by atoms with Crippen LogP contribution in [0.5, 0.6) is 5.75 Å². The summed E-state index contributed by atoms with van der Waals surface area (Å²) in [6.07, 6.45) is 3.49. The molecular formula is C17H15ClN4O. The van der Waals surface area contributed by atoms with Gasteiger partial charge in [0.1, 0.15) is 5.75 Å². The van der Waals surface area contributed by atoms with Crippen LogP contribution < -0.4 is 10.5 Å². The molecule has 1 heterocycles. The molecule has 2 N–H and O–H groups in total. The molecule has 116 valence electrons. The van der Waals surface area contributed by atoms with Gasteiger partial charge in [-0.1, -0.05) is 23.7 Å². The minimum atomic E-state index is 0.319. The topological polar surface area (TPSA) is 65.4 Å². The molecule has 0 atom stereocenters. The molecule has 23 heavy (non-hydrogen) atoms. The van der Waals surface area contributed by atoms with Crippen LogP contribution in [-0.4, -0.2) is 23.0 Å². The molecule has 0 bridgehead atoms. The summed E-state index contributed by atoms with van der Waals surface area (Å²) in [5.74, 6) is 1.12. The van der Waals surface area contributed by atoms with Crippen LogP contribution in [0, 0.1) is 0 Å². The SMILES string of the molecule is COc1ccc(C=Nn2cc(-c3ccc(Cl)cc3)nc2N)cc1. The van der Waals surface area contributed by atoms with Gasteiger partial charge in [-0.2, -0.15) is 5.10 Å². The van der Waals surface area contributed by atoms with Gasteiger partial charge < -0.3 is 10.5 Å². The van der Waals surface area contributed by atoms with Crippen LogP contribution in [0.1, 0.15) is 5.56 Å². The van der Waals surface area contributed by atoms with Crippen LogP contribution in [0.2, 0.25) is 5.02 Å². The molecule has 0 aliphatic rings. The van der Waals surface area contributed by atoms with Gasteiger partial charge >= 0.3 is 0 Å². The van der Waals surface area contributed by atoms with Crippen LogP contribution in [0.15, 0.2) is 59.8 Å². The quantitative estimate of drug-likeness (QED) is 0.744. The average molecular weight is 327 g/mol. The number of nitrogen functional groups attached to an aromatic ring is 1. The van der Waals surface area contributed by atoms with Gasteiger partial charge in [0.25, 0.3) is 0 Å². The molecular weight excluding hydrogens is 312 g/mol. The highest BCUT2D eigenvalue weighted by Crippen LogP contribution is 2.21. The number of ether oxygens (including phenoxy) is 1. The molecule has 1 aromatic heterocycles. The van der Waals surface area contributed by atoms with Gasteiger partial charge in [0, 0.05) is 10.6 Å². The van der Waals surface area contributed by atoms with Crippen molar-refractivity contribution in [2.45, 2.75) is 0 Å². The van der Waals surface area contributed by atoms with Gasteiger partial charge in [-0.05, 0) is 42.0 Å². The van der Waals surface area contributed by atoms with Crippen LogP contribution in [0.4, 0.5) is 5.95 Å². The number of nitrogens with zero attached hydrogens (tertiary/aromatic N) is 3. The number of imidazole rings is 1. The Morgan fingerprint density at radius 1 is 1.13 bits per heavy atom. The molecule has 0 saturated heterocycles. The lowest BCUT2D eigenvalue weighted by atomic mass is 10.2. The molecule has 0 amide bonds. The van der Waals surface area contributed by atoms with E-state index in [9.17, 15) is 0 Å². The zero-order valence-corrected chi connectivity index (χ0v) is 13.2. The predicted octanol–water partition coefficient (Wildman–Crippen LogP) is 3.68. The fourth-order valence-electron chi connectivity index (χ4n) is 2.06. The van der Waals surface area contributed by atoms with Crippen LogP contribution >= 0.6 is 11.6 Å². The Labute approximate surface area is 139 Å². The third-order valence-electron chi connectivity index (χ3n) is 3.30. The summed E-state index contributed by atoms with van der Waals surface area (Å²) in [4.78, 5) is 4.31. The van der Waals surface area contributed by atoms with Crippen LogP contribution in [0.3, 0.4) is 0 Å². The summed E-state index contributed by atoms with van der Waals surface area (Å²) >= 11 is 5.89. The van der Waals surface area contributed by atoms with Crippen molar-refractivity contribution < 1.29 is 4.74 Å². The Kier molecular flexibility index (Phi) is 4.30. The van der Waals surface area contributed by atoms with E-state index in [0.29, 0.717) is 11.0 Å². The van der Waals surface area contributed by atoms with E-state index in [0.717, 1.165) is 22.6 Å². The fourth-order valence-corrected chi connectivity index (χ4v) is 2.18. The van der Waals surface area contributed by atoms with E-state index >= 15 is 0 Å². The molecule has 3 rings (SSSR count). The number of hydrogen-bond acceptors (Lipinski definition) is 4. The molecule has 3 aromatic rings. The zero-order chi connectivity index (χ0) is 16.2. The van der Waals surface area contributed by atoms with Crippen LogP contribution in [0.25, 0.3) is 11.3 Å². The summed E-state index contributed by atoms with van der Waals surface area (Å²) in [5, 5.41) is 5.01. The van der Waals surface area contributed by atoms with Crippen molar-refractivity contribution in [1.29, 1.82) is 0 Å². The minimum Gasteiger partial charge on any atom is -0.497 e. The van der Waals surface area contributed by atoms with Gasteiger partial charge in [-0.25, -0.2) is 9.66 Å². The Bertz CT molecular complexity index is 823. The van der Waals surface area contributed by atoms with E-state index in [2.05, 4.69) is 10.1 Å². The maximum atomic E-state index is 5.91. The predicted molar refractivity (Wildman–Crippen MR) is 93.1 cm³/mol. The van der Waals surface area contributed by atoms with Crippen molar-refractivity contribution >= 4 is 23.8 Å². The van der Waals surface area contributed by atoms with Gasteiger partial charge in [-0.15, -0.1) is 0 Å². The second-order valence-corrected chi connectivity index (χ2v) is 5.29. The highest BCUT2D eigenvalue weighted by molar-refractivity contribution is 6.30. The fraction of sp³-hybridized carbons (Fsp3) is 0.0588. The maximum absolute atomic E-state index is 5.91. The summed E-state index contributed by atoms with van der Waals surface area (Å²) < 4.78 is 6.66. The number of nitrogens with two attached hydrogens (primary N) is 1. The normalized spacial score (nSPS) is 11.0. The number of hydrogen-bond donors (Lipinski definition) is 1. The molecule has 0 saturated carbocycles. The van der Waals surface area contributed by atoms with E-state index in [-0.39, 0.29) is 0 Å². The lowest BCUT2D eigenvalue weighted by Crippen LogP contribution is -1.96. The van der Waals surface area contributed by atoms with Crippen molar-refractivity contribution in [3.8, 4) is 17.0 Å². The first-order chi connectivity index (χ1) is 11.2. The first-order valence-electron chi connectivity index (χ1n) is 6.95. The van der Waals surface area contributed by atoms with Gasteiger partial charge in [0.2, 0.25) is 5.95 Å². The summed E-state index contributed by atoms with van der Waals surface area (Å²) in [6, 6.07) is 15.0.